The van der Waals surface area contributed by atoms with Crippen LogP contribution in [0.15, 0.2) is 67.4 Å². The number of halogens is 1. The monoisotopic (exact) mass is 505 g/mol. The minimum atomic E-state index is -0.286. The standard InChI is InChI=1S/C28H32ClN5O2/c1-3-26(35)31-22-8-4-7-21(17-22)27-25(29)19-30-28(33-27)32-23-9-5-10-24(18-23)36-16-6-13-34-14-11-20(2)12-15-34/h3-5,7-10,17-20H,1,6,11-16H2,2H3,(H,31,35)(H,30,32,33). The molecule has 0 unspecified atom stereocenters. The highest BCUT2D eigenvalue weighted by molar-refractivity contribution is 6.33. The number of nitrogens with zero attached hydrogens (tertiary/aromatic N) is 3. The molecule has 1 fully saturated rings. The lowest BCUT2D eigenvalue weighted by Crippen LogP contribution is -2.34. The number of hydrogen-bond acceptors (Lipinski definition) is 6. The Balaban J connectivity index is 1.37. The summed E-state index contributed by atoms with van der Waals surface area (Å²) in [7, 11) is 0. The van der Waals surface area contributed by atoms with Crippen molar-refractivity contribution in [2.45, 2.75) is 26.2 Å². The lowest BCUT2D eigenvalue weighted by Gasteiger charge is -2.30. The lowest BCUT2D eigenvalue weighted by atomic mass is 9.99. The van der Waals surface area contributed by atoms with Crippen LogP contribution in [0.5, 0.6) is 5.75 Å². The van der Waals surface area contributed by atoms with Crippen molar-refractivity contribution in [3.63, 3.8) is 0 Å². The highest BCUT2D eigenvalue weighted by Gasteiger charge is 2.15. The second-order valence-corrected chi connectivity index (χ2v) is 9.45. The maximum atomic E-state index is 11.6. The molecule has 1 aromatic heterocycles. The van der Waals surface area contributed by atoms with E-state index in [0.29, 0.717) is 29.0 Å². The van der Waals surface area contributed by atoms with Crippen molar-refractivity contribution >= 4 is 34.8 Å². The van der Waals surface area contributed by atoms with Crippen molar-refractivity contribution in [1.29, 1.82) is 0 Å². The Labute approximate surface area is 217 Å². The third-order valence-corrected chi connectivity index (χ3v) is 6.46. The molecule has 0 spiro atoms. The molecule has 0 atom stereocenters. The van der Waals surface area contributed by atoms with Crippen molar-refractivity contribution in [1.82, 2.24) is 14.9 Å². The summed E-state index contributed by atoms with van der Waals surface area (Å²) in [5.41, 5.74) is 2.76. The molecule has 1 amide bonds. The fourth-order valence-corrected chi connectivity index (χ4v) is 4.32. The summed E-state index contributed by atoms with van der Waals surface area (Å²) in [6.07, 6.45) is 6.37. The third kappa shape index (κ3) is 7.29. The van der Waals surface area contributed by atoms with E-state index in [4.69, 9.17) is 16.3 Å². The van der Waals surface area contributed by atoms with Crippen LogP contribution in [0.25, 0.3) is 11.3 Å². The van der Waals surface area contributed by atoms with E-state index < -0.39 is 0 Å². The van der Waals surface area contributed by atoms with E-state index in [1.807, 2.05) is 36.4 Å². The first kappa shape index (κ1) is 25.7. The molecule has 8 heteroatoms. The predicted molar refractivity (Wildman–Crippen MR) is 146 cm³/mol. The Hall–Kier alpha value is -3.42. The Morgan fingerprint density at radius 2 is 1.97 bits per heavy atom. The molecular weight excluding hydrogens is 474 g/mol. The average molecular weight is 506 g/mol. The van der Waals surface area contributed by atoms with E-state index in [1.54, 1.807) is 18.3 Å². The zero-order chi connectivity index (χ0) is 25.3. The van der Waals surface area contributed by atoms with Gasteiger partial charge in [-0.1, -0.05) is 43.3 Å². The molecule has 0 aliphatic carbocycles. The van der Waals surface area contributed by atoms with Gasteiger partial charge in [-0.3, -0.25) is 4.79 Å². The van der Waals surface area contributed by atoms with E-state index in [9.17, 15) is 4.79 Å². The molecule has 1 aliphatic heterocycles. The fraction of sp³-hybridized carbons (Fsp3) is 0.321. The summed E-state index contributed by atoms with van der Waals surface area (Å²) < 4.78 is 5.99. The predicted octanol–water partition coefficient (Wildman–Crippen LogP) is 6.17. The molecule has 0 saturated carbocycles. The van der Waals surface area contributed by atoms with Crippen LogP contribution in [0.2, 0.25) is 5.02 Å². The molecule has 4 rings (SSSR count). The van der Waals surface area contributed by atoms with Gasteiger partial charge in [0.2, 0.25) is 11.9 Å². The van der Waals surface area contributed by atoms with Gasteiger partial charge in [-0.25, -0.2) is 9.97 Å². The second-order valence-electron chi connectivity index (χ2n) is 9.04. The summed E-state index contributed by atoms with van der Waals surface area (Å²) in [5, 5.41) is 6.39. The van der Waals surface area contributed by atoms with Gasteiger partial charge in [0.25, 0.3) is 0 Å². The number of amides is 1. The van der Waals surface area contributed by atoms with Crippen molar-refractivity contribution in [2.24, 2.45) is 5.92 Å². The first-order chi connectivity index (χ1) is 17.5. The Morgan fingerprint density at radius 1 is 1.19 bits per heavy atom. The van der Waals surface area contributed by atoms with E-state index in [0.717, 1.165) is 35.9 Å². The SMILES string of the molecule is C=CC(=O)Nc1cccc(-c2nc(Nc3cccc(OCCCN4CCC(C)CC4)c3)ncc2Cl)c1. The summed E-state index contributed by atoms with van der Waals surface area (Å²) in [6, 6.07) is 15.1. The first-order valence-corrected chi connectivity index (χ1v) is 12.7. The van der Waals surface area contributed by atoms with Gasteiger partial charge in [-0.15, -0.1) is 0 Å². The van der Waals surface area contributed by atoms with E-state index in [2.05, 4.69) is 39.0 Å². The quantitative estimate of drug-likeness (QED) is 0.253. The van der Waals surface area contributed by atoms with Gasteiger partial charge >= 0.3 is 0 Å². The molecule has 1 saturated heterocycles. The zero-order valence-electron chi connectivity index (χ0n) is 20.5. The molecule has 7 nitrogen and oxygen atoms in total. The van der Waals surface area contributed by atoms with Crippen molar-refractivity contribution in [2.75, 3.05) is 36.9 Å². The fourth-order valence-electron chi connectivity index (χ4n) is 4.12. The number of rotatable bonds is 10. The molecule has 36 heavy (non-hydrogen) atoms. The van der Waals surface area contributed by atoms with Gasteiger partial charge in [0.05, 0.1) is 23.5 Å². The van der Waals surface area contributed by atoms with Gasteiger partial charge in [0.15, 0.2) is 0 Å². The number of ether oxygens (including phenoxy) is 1. The Kier molecular flexibility index (Phi) is 8.92. The van der Waals surface area contributed by atoms with Crippen LogP contribution in [0.1, 0.15) is 26.2 Å². The van der Waals surface area contributed by atoms with Crippen LogP contribution < -0.4 is 15.4 Å². The van der Waals surface area contributed by atoms with Gasteiger partial charge < -0.3 is 20.3 Å². The minimum absolute atomic E-state index is 0.286. The lowest BCUT2D eigenvalue weighted by molar-refractivity contribution is -0.111. The number of nitrogens with one attached hydrogen (secondary N) is 2. The van der Waals surface area contributed by atoms with Crippen LogP contribution in [0.3, 0.4) is 0 Å². The van der Waals surface area contributed by atoms with Gasteiger partial charge in [-0.05, 0) is 68.6 Å². The maximum absolute atomic E-state index is 11.6. The number of piperidine rings is 1. The molecule has 0 radical (unpaired) electrons. The van der Waals surface area contributed by atoms with Gasteiger partial charge in [-0.2, -0.15) is 0 Å². The highest BCUT2D eigenvalue weighted by Crippen LogP contribution is 2.29. The maximum Gasteiger partial charge on any atom is 0.247 e. The third-order valence-electron chi connectivity index (χ3n) is 6.19. The zero-order valence-corrected chi connectivity index (χ0v) is 21.3. The number of likely N-dealkylation sites (tertiary alicyclic amines) is 1. The molecular formula is C28H32ClN5O2. The largest absolute Gasteiger partial charge is 0.493 e. The Bertz CT molecular complexity index is 1190. The van der Waals surface area contributed by atoms with Crippen LogP contribution in [0, 0.1) is 5.92 Å². The van der Waals surface area contributed by atoms with Crippen LogP contribution in [-0.2, 0) is 4.79 Å². The second kappa shape index (κ2) is 12.5. The Morgan fingerprint density at radius 3 is 2.78 bits per heavy atom. The molecule has 188 valence electrons. The number of aromatic nitrogens is 2. The molecule has 2 aromatic carbocycles. The molecule has 2 N–H and O–H groups in total. The number of benzene rings is 2. The summed E-state index contributed by atoms with van der Waals surface area (Å²) in [4.78, 5) is 23.1. The van der Waals surface area contributed by atoms with Crippen molar-refractivity contribution in [3.8, 4) is 17.0 Å². The van der Waals surface area contributed by atoms with Crippen LogP contribution >= 0.6 is 11.6 Å². The van der Waals surface area contributed by atoms with E-state index in [-0.39, 0.29) is 5.91 Å². The molecule has 0 bridgehead atoms. The summed E-state index contributed by atoms with van der Waals surface area (Å²) in [5.74, 6) is 1.77. The molecule has 2 heterocycles. The smallest absolute Gasteiger partial charge is 0.247 e. The number of carbonyl (C=O) groups excluding carboxylic acids is 1. The topological polar surface area (TPSA) is 79.4 Å². The average Bonchev–Trinajstić information content (AvgIpc) is 2.89. The normalized spacial score (nSPS) is 14.3. The summed E-state index contributed by atoms with van der Waals surface area (Å²) in [6.45, 7) is 9.95. The first-order valence-electron chi connectivity index (χ1n) is 12.3. The number of hydrogen-bond donors (Lipinski definition) is 2. The number of carbonyl (C=O) groups is 1. The summed E-state index contributed by atoms with van der Waals surface area (Å²) >= 11 is 6.40. The van der Waals surface area contributed by atoms with Gasteiger partial charge in [0, 0.05) is 29.5 Å². The van der Waals surface area contributed by atoms with E-state index in [1.165, 1.54) is 32.0 Å². The van der Waals surface area contributed by atoms with E-state index >= 15 is 0 Å². The highest BCUT2D eigenvalue weighted by atomic mass is 35.5. The molecule has 1 aliphatic rings. The van der Waals surface area contributed by atoms with Crippen molar-refractivity contribution in [3.05, 3.63) is 72.4 Å². The molecule has 3 aromatic rings. The minimum Gasteiger partial charge on any atom is -0.493 e. The number of anilines is 3. The van der Waals surface area contributed by atoms with Crippen LogP contribution in [-0.4, -0.2) is 47.0 Å². The van der Waals surface area contributed by atoms with Crippen LogP contribution in [0.4, 0.5) is 17.3 Å². The van der Waals surface area contributed by atoms with Gasteiger partial charge in [0.1, 0.15) is 5.75 Å². The van der Waals surface area contributed by atoms with Crippen molar-refractivity contribution < 1.29 is 9.53 Å².